The summed E-state index contributed by atoms with van der Waals surface area (Å²) in [7, 11) is 0. The highest BCUT2D eigenvalue weighted by Crippen LogP contribution is 2.19. The van der Waals surface area contributed by atoms with Gasteiger partial charge in [-0.25, -0.2) is 4.39 Å². The SMILES string of the molecule is CC(=O)OCC(=O)c1c[nH]c2ccc(F)cc12. The van der Waals surface area contributed by atoms with Gasteiger partial charge in [0, 0.05) is 29.6 Å². The molecule has 0 spiro atoms. The van der Waals surface area contributed by atoms with Gasteiger partial charge in [0.2, 0.25) is 5.78 Å². The van der Waals surface area contributed by atoms with E-state index in [1.54, 1.807) is 6.07 Å². The molecule has 2 aromatic rings. The van der Waals surface area contributed by atoms with Crippen LogP contribution in [0.1, 0.15) is 17.3 Å². The molecular weight excluding hydrogens is 225 g/mol. The van der Waals surface area contributed by atoms with Crippen LogP contribution in [0, 0.1) is 5.82 Å². The molecule has 1 aromatic heterocycles. The zero-order valence-corrected chi connectivity index (χ0v) is 9.12. The smallest absolute Gasteiger partial charge is 0.303 e. The van der Waals surface area contributed by atoms with Crippen molar-refractivity contribution in [3.63, 3.8) is 0 Å². The van der Waals surface area contributed by atoms with E-state index >= 15 is 0 Å². The number of rotatable bonds is 3. The number of carbonyl (C=O) groups excluding carboxylic acids is 2. The van der Waals surface area contributed by atoms with Gasteiger partial charge in [0.05, 0.1) is 0 Å². The lowest BCUT2D eigenvalue weighted by Crippen LogP contribution is -2.11. The lowest BCUT2D eigenvalue weighted by Gasteiger charge is -2.00. The van der Waals surface area contributed by atoms with Gasteiger partial charge >= 0.3 is 5.97 Å². The number of esters is 1. The number of carbonyl (C=O) groups is 2. The summed E-state index contributed by atoms with van der Waals surface area (Å²) in [5.41, 5.74) is 0.985. The number of aromatic amines is 1. The van der Waals surface area contributed by atoms with Crippen LogP contribution in [0.15, 0.2) is 24.4 Å². The molecule has 2 rings (SSSR count). The van der Waals surface area contributed by atoms with Crippen molar-refractivity contribution in [3.05, 3.63) is 35.8 Å². The molecule has 0 radical (unpaired) electrons. The van der Waals surface area contributed by atoms with Crippen LogP contribution in [-0.2, 0) is 9.53 Å². The molecule has 0 fully saturated rings. The minimum Gasteiger partial charge on any atom is -0.457 e. The van der Waals surface area contributed by atoms with Crippen molar-refractivity contribution in [2.24, 2.45) is 0 Å². The van der Waals surface area contributed by atoms with Crippen LogP contribution < -0.4 is 0 Å². The second kappa shape index (κ2) is 4.37. The van der Waals surface area contributed by atoms with E-state index in [9.17, 15) is 14.0 Å². The molecule has 0 saturated heterocycles. The first-order chi connectivity index (χ1) is 8.08. The largest absolute Gasteiger partial charge is 0.457 e. The molecular formula is C12H10FNO3. The van der Waals surface area contributed by atoms with Crippen molar-refractivity contribution in [2.45, 2.75) is 6.92 Å². The first kappa shape index (κ1) is 11.3. The van der Waals surface area contributed by atoms with Crippen LogP contribution in [0.5, 0.6) is 0 Å². The number of Topliss-reactive ketones (excluding diaryl/α,β-unsaturated/α-hetero) is 1. The summed E-state index contributed by atoms with van der Waals surface area (Å²) in [5, 5.41) is 0.488. The maximum atomic E-state index is 13.1. The van der Waals surface area contributed by atoms with Crippen LogP contribution >= 0.6 is 0 Å². The maximum absolute atomic E-state index is 13.1. The number of benzene rings is 1. The molecule has 0 aliphatic heterocycles. The van der Waals surface area contributed by atoms with Crippen LogP contribution in [0.2, 0.25) is 0 Å². The molecule has 1 N–H and O–H groups in total. The van der Waals surface area contributed by atoms with E-state index in [4.69, 9.17) is 0 Å². The average molecular weight is 235 g/mol. The molecule has 0 atom stereocenters. The molecule has 4 nitrogen and oxygen atoms in total. The molecule has 0 aliphatic rings. The molecule has 88 valence electrons. The third kappa shape index (κ3) is 2.33. The Morgan fingerprint density at radius 2 is 2.18 bits per heavy atom. The first-order valence-corrected chi connectivity index (χ1v) is 5.01. The van der Waals surface area contributed by atoms with E-state index in [1.165, 1.54) is 25.3 Å². The number of aromatic nitrogens is 1. The van der Waals surface area contributed by atoms with E-state index < -0.39 is 11.8 Å². The minimum absolute atomic E-state index is 0.320. The number of nitrogens with one attached hydrogen (secondary N) is 1. The molecule has 17 heavy (non-hydrogen) atoms. The predicted octanol–water partition coefficient (Wildman–Crippen LogP) is 2.05. The average Bonchev–Trinajstić information content (AvgIpc) is 2.68. The fourth-order valence-electron chi connectivity index (χ4n) is 1.57. The quantitative estimate of drug-likeness (QED) is 0.654. The molecule has 0 amide bonds. The van der Waals surface area contributed by atoms with E-state index in [-0.39, 0.29) is 12.4 Å². The zero-order chi connectivity index (χ0) is 12.4. The van der Waals surface area contributed by atoms with Gasteiger partial charge in [-0.1, -0.05) is 0 Å². The Hall–Kier alpha value is -2.17. The number of ketones is 1. The van der Waals surface area contributed by atoms with E-state index in [1.807, 2.05) is 0 Å². The van der Waals surface area contributed by atoms with Crippen molar-refractivity contribution < 1.29 is 18.7 Å². The van der Waals surface area contributed by atoms with Crippen LogP contribution in [0.25, 0.3) is 10.9 Å². The third-order valence-electron chi connectivity index (χ3n) is 2.35. The topological polar surface area (TPSA) is 59.2 Å². The van der Waals surface area contributed by atoms with Gasteiger partial charge in [-0.3, -0.25) is 9.59 Å². The van der Waals surface area contributed by atoms with Gasteiger partial charge in [0.15, 0.2) is 6.61 Å². The summed E-state index contributed by atoms with van der Waals surface area (Å²) in [4.78, 5) is 25.2. The van der Waals surface area contributed by atoms with Crippen molar-refractivity contribution in [1.29, 1.82) is 0 Å². The molecule has 1 aromatic carbocycles. The third-order valence-corrected chi connectivity index (χ3v) is 2.35. The van der Waals surface area contributed by atoms with Crippen molar-refractivity contribution in [2.75, 3.05) is 6.61 Å². The Balaban J connectivity index is 2.32. The van der Waals surface area contributed by atoms with Crippen LogP contribution in [-0.4, -0.2) is 23.3 Å². The van der Waals surface area contributed by atoms with E-state index in [2.05, 4.69) is 9.72 Å². The number of H-pyrrole nitrogens is 1. The Kier molecular flexibility index (Phi) is 2.91. The van der Waals surface area contributed by atoms with Gasteiger partial charge in [-0.15, -0.1) is 0 Å². The normalized spacial score (nSPS) is 10.5. The van der Waals surface area contributed by atoms with E-state index in [0.29, 0.717) is 16.5 Å². The standard InChI is InChI=1S/C12H10FNO3/c1-7(15)17-6-12(16)10-5-14-11-3-2-8(13)4-9(10)11/h2-5,14H,6H2,1H3. The predicted molar refractivity (Wildman–Crippen MR) is 59.2 cm³/mol. The Morgan fingerprint density at radius 3 is 2.88 bits per heavy atom. The number of hydrogen-bond acceptors (Lipinski definition) is 3. The summed E-state index contributed by atoms with van der Waals surface area (Å²) >= 11 is 0. The summed E-state index contributed by atoms with van der Waals surface area (Å²) in [6, 6.07) is 4.12. The molecule has 1 heterocycles. The minimum atomic E-state index is -0.524. The molecule has 5 heteroatoms. The van der Waals surface area contributed by atoms with Gasteiger partial charge in [-0.2, -0.15) is 0 Å². The van der Waals surface area contributed by atoms with Gasteiger partial charge < -0.3 is 9.72 Å². The fourth-order valence-corrected chi connectivity index (χ4v) is 1.57. The van der Waals surface area contributed by atoms with Gasteiger partial charge in [-0.05, 0) is 18.2 Å². The summed E-state index contributed by atoms with van der Waals surface area (Å²) in [5.74, 6) is -1.31. The monoisotopic (exact) mass is 235 g/mol. The maximum Gasteiger partial charge on any atom is 0.303 e. The van der Waals surface area contributed by atoms with Crippen molar-refractivity contribution in [3.8, 4) is 0 Å². The Bertz CT molecular complexity index is 588. The van der Waals surface area contributed by atoms with Crippen molar-refractivity contribution in [1.82, 2.24) is 4.98 Å². The molecule has 0 bridgehead atoms. The van der Waals surface area contributed by atoms with Crippen molar-refractivity contribution >= 4 is 22.7 Å². The van der Waals surface area contributed by atoms with Crippen LogP contribution in [0.4, 0.5) is 4.39 Å². The lowest BCUT2D eigenvalue weighted by atomic mass is 10.1. The number of halogens is 1. The second-order valence-electron chi connectivity index (χ2n) is 3.60. The zero-order valence-electron chi connectivity index (χ0n) is 9.12. The molecule has 0 saturated carbocycles. The molecule has 0 aliphatic carbocycles. The number of hydrogen-bond donors (Lipinski definition) is 1. The van der Waals surface area contributed by atoms with Gasteiger partial charge in [0.25, 0.3) is 0 Å². The second-order valence-corrected chi connectivity index (χ2v) is 3.60. The highest BCUT2D eigenvalue weighted by atomic mass is 19.1. The highest BCUT2D eigenvalue weighted by Gasteiger charge is 2.13. The number of ether oxygens (including phenoxy) is 1. The first-order valence-electron chi connectivity index (χ1n) is 5.01. The highest BCUT2D eigenvalue weighted by molar-refractivity contribution is 6.08. The fraction of sp³-hybridized carbons (Fsp3) is 0.167. The van der Waals surface area contributed by atoms with Crippen LogP contribution in [0.3, 0.4) is 0 Å². The summed E-state index contributed by atoms with van der Waals surface area (Å²) in [6.45, 7) is 0.890. The van der Waals surface area contributed by atoms with E-state index in [0.717, 1.165) is 0 Å². The summed E-state index contributed by atoms with van der Waals surface area (Å²) in [6.07, 6.45) is 1.48. The summed E-state index contributed by atoms with van der Waals surface area (Å²) < 4.78 is 17.7. The Morgan fingerprint density at radius 1 is 1.41 bits per heavy atom. The van der Waals surface area contributed by atoms with Gasteiger partial charge in [0.1, 0.15) is 5.82 Å². The molecule has 0 unspecified atom stereocenters. The Labute approximate surface area is 96.4 Å². The lowest BCUT2D eigenvalue weighted by molar-refractivity contribution is -0.139. The number of fused-ring (bicyclic) bond motifs is 1.